The fraction of sp³-hybridized carbons (Fsp3) is 0.235. The number of aryl methyl sites for hydroxylation is 1. The molecule has 0 saturated carbocycles. The standard InChI is InChI=1S/C17H17ClO3/c1-12-6-2-5-9-16(12)21-11-10-14(17(19)20)13-7-3-4-8-15(13)18/h2-9,14H,10-11H2,1H3,(H,19,20). The number of benzene rings is 2. The second-order valence-corrected chi connectivity index (χ2v) is 5.22. The van der Waals surface area contributed by atoms with E-state index in [-0.39, 0.29) is 0 Å². The molecule has 1 unspecified atom stereocenters. The Labute approximate surface area is 129 Å². The van der Waals surface area contributed by atoms with Gasteiger partial charge in [-0.3, -0.25) is 4.79 Å². The number of carboxylic acids is 1. The summed E-state index contributed by atoms with van der Waals surface area (Å²) in [5, 5.41) is 9.86. The van der Waals surface area contributed by atoms with Gasteiger partial charge in [0.1, 0.15) is 5.75 Å². The average Bonchev–Trinajstić information content (AvgIpc) is 2.46. The molecule has 2 aromatic carbocycles. The summed E-state index contributed by atoms with van der Waals surface area (Å²) >= 11 is 6.08. The van der Waals surface area contributed by atoms with Gasteiger partial charge in [-0.2, -0.15) is 0 Å². The number of ether oxygens (including phenoxy) is 1. The Morgan fingerprint density at radius 2 is 1.86 bits per heavy atom. The van der Waals surface area contributed by atoms with E-state index in [4.69, 9.17) is 16.3 Å². The maximum Gasteiger partial charge on any atom is 0.311 e. The van der Waals surface area contributed by atoms with Crippen LogP contribution in [0.1, 0.15) is 23.5 Å². The van der Waals surface area contributed by atoms with Crippen LogP contribution in [0.25, 0.3) is 0 Å². The van der Waals surface area contributed by atoms with Gasteiger partial charge in [-0.05, 0) is 36.6 Å². The predicted octanol–water partition coefficient (Wildman–Crippen LogP) is 4.29. The molecule has 0 bridgehead atoms. The van der Waals surface area contributed by atoms with E-state index >= 15 is 0 Å². The van der Waals surface area contributed by atoms with E-state index in [1.807, 2.05) is 31.2 Å². The van der Waals surface area contributed by atoms with E-state index < -0.39 is 11.9 Å². The molecular weight excluding hydrogens is 288 g/mol. The second kappa shape index (κ2) is 7.14. The van der Waals surface area contributed by atoms with Gasteiger partial charge in [0.05, 0.1) is 12.5 Å². The Morgan fingerprint density at radius 3 is 2.52 bits per heavy atom. The van der Waals surface area contributed by atoms with Gasteiger partial charge < -0.3 is 9.84 Å². The van der Waals surface area contributed by atoms with Crippen LogP contribution >= 0.6 is 11.6 Å². The number of aliphatic carboxylic acids is 1. The molecule has 0 aliphatic carbocycles. The van der Waals surface area contributed by atoms with Crippen LogP contribution < -0.4 is 4.74 Å². The van der Waals surface area contributed by atoms with Crippen LogP contribution in [-0.4, -0.2) is 17.7 Å². The number of para-hydroxylation sites is 1. The van der Waals surface area contributed by atoms with Crippen LogP contribution in [0, 0.1) is 6.92 Å². The van der Waals surface area contributed by atoms with Crippen LogP contribution in [0.15, 0.2) is 48.5 Å². The molecule has 1 N–H and O–H groups in total. The number of hydrogen-bond acceptors (Lipinski definition) is 2. The molecule has 2 aromatic rings. The monoisotopic (exact) mass is 304 g/mol. The lowest BCUT2D eigenvalue weighted by atomic mass is 9.96. The van der Waals surface area contributed by atoms with Gasteiger partial charge in [0.25, 0.3) is 0 Å². The molecule has 0 saturated heterocycles. The Kier molecular flexibility index (Phi) is 5.23. The van der Waals surface area contributed by atoms with Crippen molar-refractivity contribution in [3.8, 4) is 5.75 Å². The van der Waals surface area contributed by atoms with Gasteiger partial charge in [-0.25, -0.2) is 0 Å². The van der Waals surface area contributed by atoms with Crippen molar-refractivity contribution < 1.29 is 14.6 Å². The molecule has 0 aliphatic heterocycles. The van der Waals surface area contributed by atoms with E-state index in [0.29, 0.717) is 23.6 Å². The van der Waals surface area contributed by atoms with Crippen molar-refractivity contribution in [1.82, 2.24) is 0 Å². The zero-order valence-electron chi connectivity index (χ0n) is 11.8. The zero-order valence-corrected chi connectivity index (χ0v) is 12.5. The minimum atomic E-state index is -0.892. The highest BCUT2D eigenvalue weighted by Crippen LogP contribution is 2.27. The summed E-state index contributed by atoms with van der Waals surface area (Å²) in [7, 11) is 0. The minimum absolute atomic E-state index is 0.326. The SMILES string of the molecule is Cc1ccccc1OCCC(C(=O)O)c1ccccc1Cl. The summed E-state index contributed by atoms with van der Waals surface area (Å²) in [6.45, 7) is 2.28. The predicted molar refractivity (Wildman–Crippen MR) is 83.1 cm³/mol. The lowest BCUT2D eigenvalue weighted by molar-refractivity contribution is -0.139. The van der Waals surface area contributed by atoms with E-state index in [2.05, 4.69) is 0 Å². The van der Waals surface area contributed by atoms with Gasteiger partial charge in [-0.1, -0.05) is 48.0 Å². The normalized spacial score (nSPS) is 11.9. The fourth-order valence-electron chi connectivity index (χ4n) is 2.17. The molecule has 4 heteroatoms. The fourth-order valence-corrected chi connectivity index (χ4v) is 2.44. The highest BCUT2D eigenvalue weighted by molar-refractivity contribution is 6.31. The van der Waals surface area contributed by atoms with Crippen LogP contribution in [0.4, 0.5) is 0 Å². The van der Waals surface area contributed by atoms with Gasteiger partial charge in [0.15, 0.2) is 0 Å². The molecule has 0 fully saturated rings. The van der Waals surface area contributed by atoms with E-state index in [9.17, 15) is 9.90 Å². The van der Waals surface area contributed by atoms with E-state index in [0.717, 1.165) is 11.3 Å². The largest absolute Gasteiger partial charge is 0.493 e. The summed E-state index contributed by atoms with van der Waals surface area (Å²) in [5.41, 5.74) is 1.65. The lowest BCUT2D eigenvalue weighted by Crippen LogP contribution is -2.15. The summed E-state index contributed by atoms with van der Waals surface area (Å²) in [6, 6.07) is 14.7. The van der Waals surface area contributed by atoms with Crippen molar-refractivity contribution in [2.45, 2.75) is 19.3 Å². The van der Waals surface area contributed by atoms with Crippen molar-refractivity contribution >= 4 is 17.6 Å². The third-order valence-electron chi connectivity index (χ3n) is 3.34. The number of halogens is 1. The first-order chi connectivity index (χ1) is 10.1. The van der Waals surface area contributed by atoms with Gasteiger partial charge in [0, 0.05) is 5.02 Å². The zero-order chi connectivity index (χ0) is 15.2. The molecule has 0 heterocycles. The summed E-state index contributed by atoms with van der Waals surface area (Å²) in [6.07, 6.45) is 0.368. The lowest BCUT2D eigenvalue weighted by Gasteiger charge is -2.15. The number of carboxylic acid groups (broad SMARTS) is 1. The summed E-state index contributed by atoms with van der Waals surface area (Å²) < 4.78 is 5.67. The van der Waals surface area contributed by atoms with E-state index in [1.54, 1.807) is 24.3 Å². The molecule has 0 radical (unpaired) electrons. The van der Waals surface area contributed by atoms with Crippen LogP contribution in [0.3, 0.4) is 0 Å². The molecule has 110 valence electrons. The Morgan fingerprint density at radius 1 is 1.19 bits per heavy atom. The topological polar surface area (TPSA) is 46.5 Å². The maximum atomic E-state index is 11.4. The second-order valence-electron chi connectivity index (χ2n) is 4.81. The van der Waals surface area contributed by atoms with Crippen molar-refractivity contribution in [3.63, 3.8) is 0 Å². The van der Waals surface area contributed by atoms with Gasteiger partial charge in [-0.15, -0.1) is 0 Å². The third kappa shape index (κ3) is 3.99. The summed E-state index contributed by atoms with van der Waals surface area (Å²) in [5.74, 6) is -0.778. The molecule has 21 heavy (non-hydrogen) atoms. The van der Waals surface area contributed by atoms with Crippen molar-refractivity contribution in [2.24, 2.45) is 0 Å². The first-order valence-electron chi connectivity index (χ1n) is 6.75. The van der Waals surface area contributed by atoms with Crippen molar-refractivity contribution in [2.75, 3.05) is 6.61 Å². The average molecular weight is 305 g/mol. The van der Waals surface area contributed by atoms with E-state index in [1.165, 1.54) is 0 Å². The molecule has 0 aliphatic rings. The molecule has 3 nitrogen and oxygen atoms in total. The molecule has 1 atom stereocenters. The highest BCUT2D eigenvalue weighted by atomic mass is 35.5. The molecule has 0 aromatic heterocycles. The molecule has 0 spiro atoms. The van der Waals surface area contributed by atoms with Gasteiger partial charge in [0.2, 0.25) is 0 Å². The molecular formula is C17H17ClO3. The van der Waals surface area contributed by atoms with Crippen LogP contribution in [-0.2, 0) is 4.79 Å². The first kappa shape index (κ1) is 15.4. The Balaban J connectivity index is 2.04. The Hall–Kier alpha value is -2.00. The van der Waals surface area contributed by atoms with Crippen LogP contribution in [0.2, 0.25) is 5.02 Å². The van der Waals surface area contributed by atoms with Crippen molar-refractivity contribution in [3.05, 3.63) is 64.7 Å². The van der Waals surface area contributed by atoms with Crippen molar-refractivity contribution in [1.29, 1.82) is 0 Å². The number of carbonyl (C=O) groups is 1. The number of hydrogen-bond donors (Lipinski definition) is 1. The maximum absolute atomic E-state index is 11.4. The molecule has 2 rings (SSSR count). The van der Waals surface area contributed by atoms with Crippen LogP contribution in [0.5, 0.6) is 5.75 Å². The summed E-state index contributed by atoms with van der Waals surface area (Å²) in [4.78, 5) is 11.4. The number of rotatable bonds is 6. The molecule has 0 amide bonds. The Bertz CT molecular complexity index is 625. The minimum Gasteiger partial charge on any atom is -0.493 e. The third-order valence-corrected chi connectivity index (χ3v) is 3.68. The quantitative estimate of drug-likeness (QED) is 0.866. The first-order valence-corrected chi connectivity index (χ1v) is 7.13. The van der Waals surface area contributed by atoms with Gasteiger partial charge >= 0.3 is 5.97 Å². The highest BCUT2D eigenvalue weighted by Gasteiger charge is 2.22. The smallest absolute Gasteiger partial charge is 0.311 e.